The van der Waals surface area contributed by atoms with E-state index in [1.54, 1.807) is 73.3 Å². The van der Waals surface area contributed by atoms with Crippen molar-refractivity contribution in [1.29, 1.82) is 0 Å². The fourth-order valence-electron chi connectivity index (χ4n) is 7.08. The average Bonchev–Trinajstić information content (AvgIpc) is 3.74. The van der Waals surface area contributed by atoms with E-state index in [4.69, 9.17) is 4.74 Å². The Kier molecular flexibility index (Phi) is 27.0. The maximum atomic E-state index is 13.2. The molecule has 1 atom stereocenters. The predicted octanol–water partition coefficient (Wildman–Crippen LogP) is 5.98. The van der Waals surface area contributed by atoms with Crippen molar-refractivity contribution in [3.05, 3.63) is 163 Å². The number of nitrogens with zero attached hydrogens (tertiary/aromatic N) is 5. The minimum Gasteiger partial charge on any atom is -0.748 e. The van der Waals surface area contributed by atoms with Crippen LogP contribution in [0.5, 0.6) is 0 Å². The molecule has 1 aliphatic rings. The molecule has 7 rings (SSSR count). The largest absolute Gasteiger partial charge is 0.748 e. The van der Waals surface area contributed by atoms with Gasteiger partial charge in [-0.15, -0.1) is 24.3 Å². The molecule has 19 nitrogen and oxygen atoms in total. The van der Waals surface area contributed by atoms with Crippen molar-refractivity contribution < 1.29 is 84.1 Å². The molecule has 0 saturated heterocycles. The third-order valence-electron chi connectivity index (χ3n) is 10.9. The van der Waals surface area contributed by atoms with Crippen LogP contribution in [0.1, 0.15) is 50.5 Å². The minimum atomic E-state index is -4.86. The van der Waals surface area contributed by atoms with Crippen LogP contribution in [0.25, 0.3) is 33.9 Å². The Morgan fingerprint density at radius 2 is 1.19 bits per heavy atom. The zero-order valence-corrected chi connectivity index (χ0v) is 46.1. The topological polar surface area (TPSA) is 272 Å². The van der Waals surface area contributed by atoms with Gasteiger partial charge in [0, 0.05) is 118 Å². The standard InChI is InChI=1S/C33H43N7O10S.2C11H6F2N.Ir/c1-23-11-14-34-25(20-23)26-21-24(12-15-35-26)38-29(42)7-2-3-8-30(43)39-27(22-51(47,48)49)33(46)37-13-5-4-6-28(41)36-16-18-50-19-17-40-31(44)9-10-32(40)45;2*12-8-4-5-9(10(13)7-8)11-3-1-2-6-14-11;/h9-12,14-15,20-21,27H,2-8,13,16-19,22H2,1H3,(H,36,41)(H,37,46)(H,39,43)(H,35,38,42)(H,47,48,49);2*1-4,6-7H;/q;2*-1;/p-1. The van der Waals surface area contributed by atoms with Crippen molar-refractivity contribution in [2.75, 3.05) is 43.9 Å². The number of benzene rings is 2. The van der Waals surface area contributed by atoms with E-state index in [-0.39, 0.29) is 102 Å². The molecular formula is C55H54F4IrN9O10S-3. The number of rotatable bonds is 24. The Morgan fingerprint density at radius 3 is 1.74 bits per heavy atom. The number of aryl methyl sites for hydroxylation is 1. The summed E-state index contributed by atoms with van der Waals surface area (Å²) in [6.07, 6.45) is 10.2. The van der Waals surface area contributed by atoms with Gasteiger partial charge in [0.05, 0.1) is 47.0 Å². The predicted molar refractivity (Wildman–Crippen MR) is 279 cm³/mol. The summed E-state index contributed by atoms with van der Waals surface area (Å²) in [5, 5.41) is 10.2. The van der Waals surface area contributed by atoms with E-state index in [1.165, 1.54) is 12.2 Å². The fraction of sp³-hybridized carbons (Fsp3) is 0.273. The van der Waals surface area contributed by atoms with Gasteiger partial charge in [-0.3, -0.25) is 61.2 Å². The molecule has 1 radical (unpaired) electrons. The molecule has 1 unspecified atom stereocenters. The smallest absolute Gasteiger partial charge is 0.253 e. The first-order valence-electron chi connectivity index (χ1n) is 24.5. The van der Waals surface area contributed by atoms with Crippen molar-refractivity contribution in [2.45, 2.75) is 57.9 Å². The maximum absolute atomic E-state index is 13.2. The van der Waals surface area contributed by atoms with E-state index in [1.807, 2.05) is 19.1 Å². The van der Waals surface area contributed by atoms with Crippen molar-refractivity contribution >= 4 is 51.2 Å². The van der Waals surface area contributed by atoms with Crippen LogP contribution in [0.2, 0.25) is 0 Å². The molecule has 4 aromatic heterocycles. The maximum Gasteiger partial charge on any atom is 0.253 e. The van der Waals surface area contributed by atoms with Crippen LogP contribution in [0.15, 0.2) is 122 Å². The quantitative estimate of drug-likeness (QED) is 0.0179. The van der Waals surface area contributed by atoms with Crippen molar-refractivity contribution in [1.82, 2.24) is 40.8 Å². The number of ether oxygens (including phenoxy) is 1. The summed E-state index contributed by atoms with van der Waals surface area (Å²) in [6.45, 7) is 2.64. The summed E-state index contributed by atoms with van der Waals surface area (Å²) in [6, 6.07) is 24.5. The van der Waals surface area contributed by atoms with Crippen LogP contribution in [0, 0.1) is 42.3 Å². The van der Waals surface area contributed by atoms with E-state index < -0.39 is 68.8 Å². The molecule has 1 aliphatic heterocycles. The molecule has 6 aromatic rings. The monoisotopic (exact) mass is 1300 g/mol. The van der Waals surface area contributed by atoms with Gasteiger partial charge in [0.2, 0.25) is 23.6 Å². The summed E-state index contributed by atoms with van der Waals surface area (Å²) in [7, 11) is -4.86. The number of hydrogen-bond acceptors (Lipinski definition) is 14. The summed E-state index contributed by atoms with van der Waals surface area (Å²) >= 11 is 0. The Balaban J connectivity index is 0.000000379. The normalized spacial score (nSPS) is 11.9. The average molecular weight is 1300 g/mol. The number of carbonyl (C=O) groups is 6. The molecule has 5 heterocycles. The third kappa shape index (κ3) is 23.2. The van der Waals surface area contributed by atoms with Crippen LogP contribution in [-0.2, 0) is 63.7 Å². The number of pyridine rings is 4. The third-order valence-corrected chi connectivity index (χ3v) is 11.7. The second-order valence-electron chi connectivity index (χ2n) is 17.1. The van der Waals surface area contributed by atoms with Gasteiger partial charge in [0.1, 0.15) is 6.04 Å². The van der Waals surface area contributed by atoms with E-state index in [0.29, 0.717) is 47.7 Å². The second kappa shape index (κ2) is 33.5. The molecule has 0 bridgehead atoms. The van der Waals surface area contributed by atoms with Gasteiger partial charge in [-0.1, -0.05) is 47.5 Å². The molecule has 2 aromatic carbocycles. The summed E-state index contributed by atoms with van der Waals surface area (Å²) in [5.74, 6) is -6.56. The van der Waals surface area contributed by atoms with Crippen molar-refractivity contribution in [2.24, 2.45) is 0 Å². The van der Waals surface area contributed by atoms with Gasteiger partial charge in [-0.05, 0) is 86.0 Å². The molecule has 0 spiro atoms. The van der Waals surface area contributed by atoms with Gasteiger partial charge in [-0.2, -0.15) is 0 Å². The first-order valence-corrected chi connectivity index (χ1v) is 26.1. The van der Waals surface area contributed by atoms with Gasteiger partial charge >= 0.3 is 0 Å². The van der Waals surface area contributed by atoms with Crippen molar-refractivity contribution in [3.63, 3.8) is 0 Å². The van der Waals surface area contributed by atoms with Gasteiger partial charge in [-0.25, -0.2) is 8.42 Å². The second-order valence-corrected chi connectivity index (χ2v) is 18.6. The van der Waals surface area contributed by atoms with Gasteiger partial charge < -0.3 is 40.5 Å². The first kappa shape index (κ1) is 64.6. The Labute approximate surface area is 472 Å². The van der Waals surface area contributed by atoms with Crippen LogP contribution in [0.4, 0.5) is 23.2 Å². The molecule has 0 fully saturated rings. The number of amides is 6. The van der Waals surface area contributed by atoms with Crippen LogP contribution < -0.4 is 21.3 Å². The zero-order valence-electron chi connectivity index (χ0n) is 42.9. The molecule has 4 N–H and O–H groups in total. The van der Waals surface area contributed by atoms with E-state index in [2.05, 4.69) is 53.3 Å². The molecule has 425 valence electrons. The van der Waals surface area contributed by atoms with E-state index in [9.17, 15) is 59.3 Å². The van der Waals surface area contributed by atoms with Crippen LogP contribution in [-0.4, -0.2) is 118 Å². The van der Waals surface area contributed by atoms with E-state index in [0.717, 1.165) is 34.7 Å². The Morgan fingerprint density at radius 1 is 0.650 bits per heavy atom. The van der Waals surface area contributed by atoms with Crippen LogP contribution in [0.3, 0.4) is 0 Å². The van der Waals surface area contributed by atoms with Crippen molar-refractivity contribution in [3.8, 4) is 33.9 Å². The Hall–Kier alpha value is -7.96. The number of hydrogen-bond donors (Lipinski definition) is 4. The molecule has 0 saturated carbocycles. The molecular weight excluding hydrogens is 1250 g/mol. The number of nitrogens with one attached hydrogen (secondary N) is 4. The Bertz CT molecular complexity index is 3080. The number of anilines is 1. The summed E-state index contributed by atoms with van der Waals surface area (Å²) < 4.78 is 91.1. The number of unbranched alkanes of at least 4 members (excludes halogenated alkanes) is 2. The zero-order chi connectivity index (χ0) is 57.2. The van der Waals surface area contributed by atoms with Gasteiger partial charge in [0.25, 0.3) is 11.8 Å². The summed E-state index contributed by atoms with van der Waals surface area (Å²) in [5.41, 5.74) is 4.08. The number of aromatic nitrogens is 4. The molecule has 0 aliphatic carbocycles. The molecule has 80 heavy (non-hydrogen) atoms. The number of imide groups is 1. The number of carbonyl (C=O) groups excluding carboxylic acids is 6. The SMILES string of the molecule is Cc1ccnc(-c2cc(NC(=O)CCCCC(=O)NC(CS(=O)(=O)[O-])C(=O)NCCCCC(=O)NCCOCCN3C(=O)C=CC3=O)ccn2)c1.Fc1c[c-]c(-c2ccccn2)c(F)c1.Fc1c[c-]c(-c2ccccn2)c(F)c1.[Ir]. The number of halogens is 4. The van der Waals surface area contributed by atoms with E-state index >= 15 is 0 Å². The fourth-order valence-corrected chi connectivity index (χ4v) is 7.73. The minimum absolute atomic E-state index is 0. The summed E-state index contributed by atoms with van der Waals surface area (Å²) in [4.78, 5) is 90.0. The first-order chi connectivity index (χ1) is 37.8. The van der Waals surface area contributed by atoms with Gasteiger partial charge in [0.15, 0.2) is 0 Å². The van der Waals surface area contributed by atoms with Crippen LogP contribution >= 0.6 is 0 Å². The molecule has 6 amide bonds. The molecule has 25 heteroatoms.